The second kappa shape index (κ2) is 5.37. The number of benzene rings is 2. The summed E-state index contributed by atoms with van der Waals surface area (Å²) in [5.41, 5.74) is 0.881. The lowest BCUT2D eigenvalue weighted by Crippen LogP contribution is -2.36. The van der Waals surface area contributed by atoms with Crippen molar-refractivity contribution in [1.29, 1.82) is 0 Å². The maximum absolute atomic E-state index is 13.5. The average molecular weight is 270 g/mol. The zero-order valence-electron chi connectivity index (χ0n) is 11.4. The van der Waals surface area contributed by atoms with Gasteiger partial charge in [-0.15, -0.1) is 0 Å². The van der Waals surface area contributed by atoms with E-state index in [-0.39, 0.29) is 11.7 Å². The molecule has 1 saturated carbocycles. The van der Waals surface area contributed by atoms with Crippen molar-refractivity contribution in [1.82, 2.24) is 0 Å². The van der Waals surface area contributed by atoms with Gasteiger partial charge in [-0.2, -0.15) is 0 Å². The predicted molar refractivity (Wildman–Crippen MR) is 77.9 cm³/mol. The standard InChI is InChI=1S/C18H19FO/c19-16-10-6-9-15(13-16)18(20)12-5-4-11-17(18)14-7-2-1-3-8-14/h1-3,6-10,13,17,20H,4-5,11-12H2. The fourth-order valence-corrected chi connectivity index (χ4v) is 3.39. The minimum Gasteiger partial charge on any atom is -0.385 e. The largest absolute Gasteiger partial charge is 0.385 e. The molecule has 0 bridgehead atoms. The summed E-state index contributed by atoms with van der Waals surface area (Å²) in [7, 11) is 0. The zero-order chi connectivity index (χ0) is 14.0. The van der Waals surface area contributed by atoms with Crippen LogP contribution in [0.3, 0.4) is 0 Å². The molecule has 2 aromatic rings. The molecule has 0 spiro atoms. The zero-order valence-corrected chi connectivity index (χ0v) is 11.4. The van der Waals surface area contributed by atoms with Gasteiger partial charge >= 0.3 is 0 Å². The van der Waals surface area contributed by atoms with Gasteiger partial charge < -0.3 is 5.11 Å². The van der Waals surface area contributed by atoms with E-state index in [4.69, 9.17) is 0 Å². The van der Waals surface area contributed by atoms with Crippen molar-refractivity contribution < 1.29 is 9.50 Å². The molecule has 2 aromatic carbocycles. The van der Waals surface area contributed by atoms with Gasteiger partial charge in [-0.3, -0.25) is 0 Å². The minimum absolute atomic E-state index is 0.0410. The number of hydrogen-bond acceptors (Lipinski definition) is 1. The molecular weight excluding hydrogens is 251 g/mol. The molecule has 1 aliphatic carbocycles. The second-order valence-corrected chi connectivity index (χ2v) is 5.64. The quantitative estimate of drug-likeness (QED) is 0.859. The SMILES string of the molecule is OC1(c2cccc(F)c2)CCCCC1c1ccccc1. The third-order valence-corrected chi connectivity index (χ3v) is 4.40. The molecular formula is C18H19FO. The first-order chi connectivity index (χ1) is 9.70. The maximum Gasteiger partial charge on any atom is 0.123 e. The van der Waals surface area contributed by atoms with E-state index in [1.54, 1.807) is 6.07 Å². The predicted octanol–water partition coefficient (Wildman–Crippen LogP) is 4.37. The first-order valence-electron chi connectivity index (χ1n) is 7.23. The van der Waals surface area contributed by atoms with E-state index in [1.807, 2.05) is 24.3 Å². The molecule has 0 aliphatic heterocycles. The van der Waals surface area contributed by atoms with Crippen molar-refractivity contribution in [2.75, 3.05) is 0 Å². The number of aliphatic hydroxyl groups is 1. The first-order valence-corrected chi connectivity index (χ1v) is 7.23. The van der Waals surface area contributed by atoms with Gasteiger partial charge in [0.1, 0.15) is 5.82 Å². The monoisotopic (exact) mass is 270 g/mol. The Morgan fingerprint density at radius 2 is 1.80 bits per heavy atom. The van der Waals surface area contributed by atoms with Gasteiger partial charge in [-0.1, -0.05) is 55.3 Å². The lowest BCUT2D eigenvalue weighted by atomic mass is 9.69. The van der Waals surface area contributed by atoms with E-state index in [0.29, 0.717) is 12.0 Å². The van der Waals surface area contributed by atoms with Gasteiger partial charge in [0.25, 0.3) is 0 Å². The molecule has 1 aliphatic rings. The Morgan fingerprint density at radius 1 is 1.00 bits per heavy atom. The molecule has 1 fully saturated rings. The van der Waals surface area contributed by atoms with E-state index in [9.17, 15) is 9.50 Å². The molecule has 2 unspecified atom stereocenters. The summed E-state index contributed by atoms with van der Waals surface area (Å²) in [6, 6.07) is 16.5. The van der Waals surface area contributed by atoms with Crippen molar-refractivity contribution in [3.63, 3.8) is 0 Å². The smallest absolute Gasteiger partial charge is 0.123 e. The molecule has 0 radical (unpaired) electrons. The Morgan fingerprint density at radius 3 is 2.55 bits per heavy atom. The fourth-order valence-electron chi connectivity index (χ4n) is 3.39. The van der Waals surface area contributed by atoms with Crippen molar-refractivity contribution >= 4 is 0 Å². The van der Waals surface area contributed by atoms with Crippen LogP contribution < -0.4 is 0 Å². The summed E-state index contributed by atoms with van der Waals surface area (Å²) in [5, 5.41) is 11.2. The molecule has 20 heavy (non-hydrogen) atoms. The Labute approximate surface area is 119 Å². The number of hydrogen-bond donors (Lipinski definition) is 1. The van der Waals surface area contributed by atoms with E-state index in [2.05, 4.69) is 12.1 Å². The van der Waals surface area contributed by atoms with Crippen LogP contribution in [0.25, 0.3) is 0 Å². The van der Waals surface area contributed by atoms with Crippen molar-refractivity contribution in [3.05, 3.63) is 71.5 Å². The van der Waals surface area contributed by atoms with E-state index >= 15 is 0 Å². The highest BCUT2D eigenvalue weighted by Crippen LogP contribution is 2.47. The summed E-state index contributed by atoms with van der Waals surface area (Å²) < 4.78 is 13.5. The van der Waals surface area contributed by atoms with Crippen molar-refractivity contribution in [2.24, 2.45) is 0 Å². The van der Waals surface area contributed by atoms with Gasteiger partial charge in [0.15, 0.2) is 0 Å². The molecule has 0 aromatic heterocycles. The molecule has 1 nitrogen and oxygen atoms in total. The number of halogens is 1. The van der Waals surface area contributed by atoms with Gasteiger partial charge in [0, 0.05) is 5.92 Å². The van der Waals surface area contributed by atoms with E-state index in [0.717, 1.165) is 24.8 Å². The molecule has 104 valence electrons. The van der Waals surface area contributed by atoms with Gasteiger partial charge in [-0.25, -0.2) is 4.39 Å². The van der Waals surface area contributed by atoms with Crippen LogP contribution in [0.1, 0.15) is 42.7 Å². The highest BCUT2D eigenvalue weighted by Gasteiger charge is 2.41. The van der Waals surface area contributed by atoms with E-state index < -0.39 is 5.60 Å². The van der Waals surface area contributed by atoms with Crippen LogP contribution in [0.5, 0.6) is 0 Å². The Hall–Kier alpha value is -1.67. The molecule has 0 heterocycles. The minimum atomic E-state index is -0.957. The summed E-state index contributed by atoms with van der Waals surface area (Å²) in [4.78, 5) is 0. The fraction of sp³-hybridized carbons (Fsp3) is 0.333. The van der Waals surface area contributed by atoms with Crippen LogP contribution in [0.4, 0.5) is 4.39 Å². The third kappa shape index (κ3) is 2.36. The maximum atomic E-state index is 13.5. The second-order valence-electron chi connectivity index (χ2n) is 5.64. The van der Waals surface area contributed by atoms with Gasteiger partial charge in [0.2, 0.25) is 0 Å². The molecule has 1 N–H and O–H groups in total. The van der Waals surface area contributed by atoms with Crippen LogP contribution in [0, 0.1) is 5.82 Å². The first kappa shape index (κ1) is 13.3. The third-order valence-electron chi connectivity index (χ3n) is 4.40. The summed E-state index contributed by atoms with van der Waals surface area (Å²) in [5.74, 6) is -0.243. The molecule has 2 atom stereocenters. The molecule has 2 heteroatoms. The van der Waals surface area contributed by atoms with Crippen LogP contribution in [-0.4, -0.2) is 5.11 Å². The molecule has 3 rings (SSSR count). The van der Waals surface area contributed by atoms with Crippen molar-refractivity contribution in [2.45, 2.75) is 37.2 Å². The summed E-state index contributed by atoms with van der Waals surface area (Å²) >= 11 is 0. The van der Waals surface area contributed by atoms with Gasteiger partial charge in [0.05, 0.1) is 5.60 Å². The van der Waals surface area contributed by atoms with Crippen LogP contribution in [0.2, 0.25) is 0 Å². The topological polar surface area (TPSA) is 20.2 Å². The van der Waals surface area contributed by atoms with Crippen LogP contribution in [-0.2, 0) is 5.60 Å². The van der Waals surface area contributed by atoms with Gasteiger partial charge in [-0.05, 0) is 36.1 Å². The average Bonchev–Trinajstić information content (AvgIpc) is 2.49. The Bertz CT molecular complexity index is 581. The summed E-state index contributed by atoms with van der Waals surface area (Å²) in [6.45, 7) is 0. The van der Waals surface area contributed by atoms with E-state index in [1.165, 1.54) is 12.1 Å². The number of rotatable bonds is 2. The highest BCUT2D eigenvalue weighted by atomic mass is 19.1. The van der Waals surface area contributed by atoms with Crippen molar-refractivity contribution in [3.8, 4) is 0 Å². The molecule has 0 saturated heterocycles. The summed E-state index contributed by atoms with van der Waals surface area (Å²) in [6.07, 6.45) is 3.72. The van der Waals surface area contributed by atoms with Crippen LogP contribution >= 0.6 is 0 Å². The molecule has 0 amide bonds. The normalized spacial score (nSPS) is 26.4. The van der Waals surface area contributed by atoms with Crippen LogP contribution in [0.15, 0.2) is 54.6 Å². The Balaban J connectivity index is 2.04. The highest BCUT2D eigenvalue weighted by molar-refractivity contribution is 5.32. The lowest BCUT2D eigenvalue weighted by molar-refractivity contribution is -0.0226. The lowest BCUT2D eigenvalue weighted by Gasteiger charge is -2.41. The Kier molecular flexibility index (Phi) is 3.58.